The molecule has 6 nitrogen and oxygen atoms in total. The van der Waals surface area contributed by atoms with Gasteiger partial charge in [-0.1, -0.05) is 175 Å². The molecular weight excluding hydrogens is 695 g/mol. The second kappa shape index (κ2) is 45.2. The van der Waals surface area contributed by atoms with Crippen molar-refractivity contribution in [3.63, 3.8) is 0 Å². The third-order valence-electron chi connectivity index (χ3n) is 7.45. The molecule has 0 spiro atoms. The van der Waals surface area contributed by atoms with Gasteiger partial charge in [0.2, 0.25) is 0 Å². The summed E-state index contributed by atoms with van der Waals surface area (Å²) in [6, 6.07) is 0. The van der Waals surface area contributed by atoms with Gasteiger partial charge in [0.05, 0.1) is 0 Å². The van der Waals surface area contributed by atoms with Crippen LogP contribution in [0.5, 0.6) is 0 Å². The Kier molecular flexibility index (Phi) is 51.0. The Bertz CT molecular complexity index is 551. The summed E-state index contributed by atoms with van der Waals surface area (Å²) in [5.41, 5.74) is 0. The van der Waals surface area contributed by atoms with E-state index >= 15 is 0 Å². The van der Waals surface area contributed by atoms with Gasteiger partial charge in [-0.05, 0) is 38.5 Å². The summed E-state index contributed by atoms with van der Waals surface area (Å²) < 4.78 is 0.590. The molecule has 0 fully saturated rings. The van der Waals surface area contributed by atoms with E-state index in [4.69, 9.17) is 0 Å². The Balaban J connectivity index is -0.000000275. The van der Waals surface area contributed by atoms with Crippen LogP contribution in [0.15, 0.2) is 0 Å². The van der Waals surface area contributed by atoms with Crippen molar-refractivity contribution in [1.82, 2.24) is 0 Å². The Morgan fingerprint density at radius 3 is 0.617 bits per heavy atom. The zero-order valence-corrected chi connectivity index (χ0v) is 35.0. The fourth-order valence-corrected chi connectivity index (χ4v) is 4.74. The fraction of sp³-hybridized carbons (Fsp3) is 0.925. The fourth-order valence-electron chi connectivity index (χ4n) is 4.74. The van der Waals surface area contributed by atoms with E-state index in [1.807, 2.05) is 0 Å². The van der Waals surface area contributed by atoms with Crippen LogP contribution in [0.25, 0.3) is 0 Å². The van der Waals surface area contributed by atoms with Gasteiger partial charge in [-0.3, -0.25) is 0 Å². The van der Waals surface area contributed by atoms with Crippen LogP contribution >= 0.6 is 0 Å². The molecule has 0 aliphatic carbocycles. The number of carboxylic acid groups (broad SMARTS) is 3. The second-order valence-corrected chi connectivity index (χ2v) is 18.4. The molecule has 0 rings (SSSR count). The third-order valence-corrected chi connectivity index (χ3v) is 7.45. The number of unbranched alkanes of at least 4 members (excludes halogenated alkanes) is 24. The number of hydrogen-bond acceptors (Lipinski definition) is 6. The Morgan fingerprint density at radius 1 is 0.362 bits per heavy atom. The van der Waals surface area contributed by atoms with E-state index in [-0.39, 0.29) is 19.3 Å². The summed E-state index contributed by atoms with van der Waals surface area (Å²) in [6.07, 6.45) is 33.5. The number of carbonyl (C=O) groups excluding carboxylic acids is 3. The number of hydrogen-bond donors (Lipinski definition) is 0. The average molecular weight is 774 g/mol. The summed E-state index contributed by atoms with van der Waals surface area (Å²) in [5.74, 6) is -2.73. The minimum atomic E-state index is -0.909. The van der Waals surface area contributed by atoms with Crippen molar-refractivity contribution in [3.05, 3.63) is 0 Å². The molecule has 0 aromatic rings. The molecule has 7 heteroatoms. The van der Waals surface area contributed by atoms with Gasteiger partial charge in [0.25, 0.3) is 0 Å². The molecular formula is C40H78O6Sn. The molecule has 0 aromatic heterocycles. The molecule has 0 saturated heterocycles. The van der Waals surface area contributed by atoms with Crippen LogP contribution < -0.4 is 15.3 Å². The summed E-state index contributed by atoms with van der Waals surface area (Å²) in [4.78, 5) is 30.3. The van der Waals surface area contributed by atoms with E-state index in [0.29, 0.717) is 3.43 Å². The molecule has 0 amide bonds. The zero-order valence-electron chi connectivity index (χ0n) is 32.2. The SMILES string of the molecule is CCCCCCCCCCCC(=O)[O-].CCCCCCCCCCCC(=O)[O-].CCCCCCCCCCCC(=O)[O-].C[C](C)(C)[Sn+3]. The molecule has 0 atom stereocenters. The molecule has 278 valence electrons. The molecule has 0 heterocycles. The van der Waals surface area contributed by atoms with Crippen LogP contribution in [0.2, 0.25) is 3.43 Å². The normalized spacial score (nSPS) is 10.6. The van der Waals surface area contributed by atoms with Crippen molar-refractivity contribution in [1.29, 1.82) is 0 Å². The van der Waals surface area contributed by atoms with Crippen LogP contribution in [-0.2, 0) is 14.4 Å². The molecule has 0 unspecified atom stereocenters. The standard InChI is InChI=1S/3C12H24O2.C4H9.Sn/c3*1-2-3-4-5-6-7-8-9-10-11-12(13)14;1-4(2)3;/h3*2-11H2,1H3,(H,13,14);1-3H3;/q;;;;+3/p-3. The van der Waals surface area contributed by atoms with Crippen molar-refractivity contribution >= 4 is 40.4 Å². The summed E-state index contributed by atoms with van der Waals surface area (Å²) in [6.45, 7) is 13.3. The van der Waals surface area contributed by atoms with E-state index in [0.717, 1.165) is 38.5 Å². The predicted molar refractivity (Wildman–Crippen MR) is 196 cm³/mol. The van der Waals surface area contributed by atoms with Crippen molar-refractivity contribution in [2.24, 2.45) is 0 Å². The number of aliphatic carboxylic acids is 3. The maximum absolute atomic E-state index is 10.1. The number of rotatable bonds is 30. The van der Waals surface area contributed by atoms with Crippen LogP contribution in [0.1, 0.15) is 234 Å². The van der Waals surface area contributed by atoms with Gasteiger partial charge in [0, 0.05) is 17.9 Å². The number of carboxylic acids is 3. The van der Waals surface area contributed by atoms with E-state index in [1.165, 1.54) is 135 Å². The second-order valence-electron chi connectivity index (χ2n) is 14.1. The summed E-state index contributed by atoms with van der Waals surface area (Å²) in [7, 11) is 0. The molecule has 0 aliphatic heterocycles. The van der Waals surface area contributed by atoms with Gasteiger partial charge in [-0.25, -0.2) is 0 Å². The van der Waals surface area contributed by atoms with E-state index in [2.05, 4.69) is 41.5 Å². The van der Waals surface area contributed by atoms with E-state index in [9.17, 15) is 29.7 Å². The van der Waals surface area contributed by atoms with Crippen molar-refractivity contribution in [2.75, 3.05) is 0 Å². The molecule has 0 bridgehead atoms. The monoisotopic (exact) mass is 774 g/mol. The Labute approximate surface area is 306 Å². The van der Waals surface area contributed by atoms with E-state index < -0.39 is 17.9 Å². The van der Waals surface area contributed by atoms with Crippen LogP contribution in [0, 0.1) is 0 Å². The van der Waals surface area contributed by atoms with Crippen molar-refractivity contribution in [2.45, 2.75) is 238 Å². The van der Waals surface area contributed by atoms with Crippen LogP contribution in [0.3, 0.4) is 0 Å². The average Bonchev–Trinajstić information content (AvgIpc) is 2.98. The van der Waals surface area contributed by atoms with Crippen molar-refractivity contribution in [3.8, 4) is 0 Å². The van der Waals surface area contributed by atoms with Gasteiger partial charge < -0.3 is 29.7 Å². The van der Waals surface area contributed by atoms with Gasteiger partial charge in [-0.2, -0.15) is 0 Å². The van der Waals surface area contributed by atoms with Gasteiger partial charge in [0.15, 0.2) is 0 Å². The molecule has 0 saturated carbocycles. The first kappa shape index (κ1) is 53.0. The first-order valence-electron chi connectivity index (χ1n) is 19.7. The van der Waals surface area contributed by atoms with Gasteiger partial charge in [0.1, 0.15) is 0 Å². The molecule has 0 aliphatic rings. The zero-order chi connectivity index (χ0) is 36.4. The minimum absolute atomic E-state index is 0.232. The van der Waals surface area contributed by atoms with Crippen LogP contribution in [0.4, 0.5) is 0 Å². The molecule has 0 radical (unpaired) electrons. The molecule has 47 heavy (non-hydrogen) atoms. The first-order valence-corrected chi connectivity index (χ1v) is 21.1. The Morgan fingerprint density at radius 2 is 0.489 bits per heavy atom. The van der Waals surface area contributed by atoms with E-state index in [1.54, 1.807) is 22.5 Å². The maximum atomic E-state index is 10.1. The van der Waals surface area contributed by atoms with Crippen molar-refractivity contribution < 1.29 is 29.7 Å². The quantitative estimate of drug-likeness (QED) is 0.0530. The topological polar surface area (TPSA) is 120 Å². The molecule has 0 N–H and O–H groups in total. The first-order chi connectivity index (χ1) is 22.3. The van der Waals surface area contributed by atoms with Crippen LogP contribution in [-0.4, -0.2) is 40.4 Å². The summed E-state index contributed by atoms with van der Waals surface area (Å²) in [5, 5.41) is 30.3. The number of carbonyl (C=O) groups is 3. The summed E-state index contributed by atoms with van der Waals surface area (Å²) >= 11 is 1.62. The Hall–Kier alpha value is -0.791. The molecule has 0 aromatic carbocycles. The van der Waals surface area contributed by atoms with Gasteiger partial charge in [-0.15, -0.1) is 0 Å². The predicted octanol–water partition coefficient (Wildman–Crippen LogP) is 9.34. The third kappa shape index (κ3) is 81.4. The van der Waals surface area contributed by atoms with Gasteiger partial charge >= 0.3 is 46.7 Å².